The minimum Gasteiger partial charge on any atom is -0.376 e. The van der Waals surface area contributed by atoms with Crippen LogP contribution in [0.4, 0.5) is 0 Å². The van der Waals surface area contributed by atoms with Crippen LogP contribution in [0.3, 0.4) is 0 Å². The summed E-state index contributed by atoms with van der Waals surface area (Å²) in [6.07, 6.45) is 4.41. The molecule has 2 bridgehead atoms. The van der Waals surface area contributed by atoms with E-state index < -0.39 is 0 Å². The monoisotopic (exact) mass is 211 g/mol. The highest BCUT2D eigenvalue weighted by Crippen LogP contribution is 2.66. The molecule has 2 aliphatic carbocycles. The summed E-state index contributed by atoms with van der Waals surface area (Å²) < 4.78 is 6.01. The second kappa shape index (κ2) is 3.46. The number of fused-ring (bicyclic) bond motifs is 2. The molecule has 2 nitrogen and oxygen atoms in total. The third kappa shape index (κ3) is 1.53. The van der Waals surface area contributed by atoms with E-state index in [4.69, 9.17) is 10.5 Å². The molecule has 0 heterocycles. The Morgan fingerprint density at radius 2 is 2.07 bits per heavy atom. The Hall–Kier alpha value is -0.0800. The molecule has 2 rings (SSSR count). The zero-order chi connectivity index (χ0) is 11.3. The van der Waals surface area contributed by atoms with Gasteiger partial charge in [-0.2, -0.15) is 0 Å². The van der Waals surface area contributed by atoms with Gasteiger partial charge in [0.15, 0.2) is 0 Å². The molecule has 88 valence electrons. The molecule has 0 aromatic carbocycles. The first-order valence-corrected chi connectivity index (χ1v) is 6.25. The van der Waals surface area contributed by atoms with E-state index >= 15 is 0 Å². The Labute approximate surface area is 93.6 Å². The van der Waals surface area contributed by atoms with Gasteiger partial charge in [-0.05, 0) is 42.9 Å². The topological polar surface area (TPSA) is 35.2 Å². The highest BCUT2D eigenvalue weighted by Gasteiger charge is 2.61. The van der Waals surface area contributed by atoms with Crippen molar-refractivity contribution in [1.29, 1.82) is 0 Å². The molecule has 3 unspecified atom stereocenters. The minimum absolute atomic E-state index is 0.163. The SMILES string of the molecule is C[C@H](N)COC1CC2CCC1(C)C2(C)C. The van der Waals surface area contributed by atoms with Crippen molar-refractivity contribution in [1.82, 2.24) is 0 Å². The van der Waals surface area contributed by atoms with Crippen molar-refractivity contribution in [3.8, 4) is 0 Å². The van der Waals surface area contributed by atoms with Gasteiger partial charge in [0, 0.05) is 6.04 Å². The lowest BCUT2D eigenvalue weighted by Crippen LogP contribution is -2.39. The van der Waals surface area contributed by atoms with Gasteiger partial charge >= 0.3 is 0 Å². The van der Waals surface area contributed by atoms with E-state index in [0.717, 1.165) is 5.92 Å². The first-order chi connectivity index (χ1) is 6.88. The molecule has 0 aliphatic heterocycles. The van der Waals surface area contributed by atoms with E-state index in [1.54, 1.807) is 0 Å². The zero-order valence-corrected chi connectivity index (χ0v) is 10.5. The van der Waals surface area contributed by atoms with E-state index in [-0.39, 0.29) is 6.04 Å². The normalized spacial score (nSPS) is 44.6. The maximum absolute atomic E-state index is 6.01. The lowest BCUT2D eigenvalue weighted by atomic mass is 9.70. The predicted molar refractivity (Wildman–Crippen MR) is 62.6 cm³/mol. The highest BCUT2D eigenvalue weighted by atomic mass is 16.5. The summed E-state index contributed by atoms with van der Waals surface area (Å²) in [7, 11) is 0. The van der Waals surface area contributed by atoms with Crippen LogP contribution in [0.15, 0.2) is 0 Å². The molecule has 2 aliphatic rings. The van der Waals surface area contributed by atoms with Gasteiger partial charge in [0.2, 0.25) is 0 Å². The van der Waals surface area contributed by atoms with Gasteiger partial charge < -0.3 is 10.5 Å². The summed E-state index contributed by atoms with van der Waals surface area (Å²) in [5.41, 5.74) is 6.59. The molecule has 0 amide bonds. The fraction of sp³-hybridized carbons (Fsp3) is 1.00. The third-order valence-electron chi connectivity index (χ3n) is 5.27. The molecule has 4 atom stereocenters. The van der Waals surface area contributed by atoms with Crippen LogP contribution in [0.2, 0.25) is 0 Å². The number of ether oxygens (including phenoxy) is 1. The summed E-state index contributed by atoms with van der Waals surface area (Å²) >= 11 is 0. The van der Waals surface area contributed by atoms with Crippen molar-refractivity contribution in [3.05, 3.63) is 0 Å². The Balaban J connectivity index is 2.06. The molecular formula is C13H25NO. The van der Waals surface area contributed by atoms with Crippen molar-refractivity contribution in [2.75, 3.05) is 6.61 Å². The second-order valence-corrected chi connectivity index (χ2v) is 6.41. The van der Waals surface area contributed by atoms with Crippen LogP contribution in [0.1, 0.15) is 47.0 Å². The molecule has 2 saturated carbocycles. The van der Waals surface area contributed by atoms with Crippen LogP contribution < -0.4 is 5.73 Å². The molecule has 2 N–H and O–H groups in total. The Morgan fingerprint density at radius 3 is 2.47 bits per heavy atom. The van der Waals surface area contributed by atoms with Crippen LogP contribution in [0, 0.1) is 16.7 Å². The maximum Gasteiger partial charge on any atom is 0.0637 e. The number of nitrogens with two attached hydrogens (primary N) is 1. The second-order valence-electron chi connectivity index (χ2n) is 6.41. The Morgan fingerprint density at radius 1 is 1.40 bits per heavy atom. The van der Waals surface area contributed by atoms with Gasteiger partial charge in [-0.1, -0.05) is 20.8 Å². The zero-order valence-electron chi connectivity index (χ0n) is 10.5. The average molecular weight is 211 g/mol. The first-order valence-electron chi connectivity index (χ1n) is 6.25. The summed E-state index contributed by atoms with van der Waals surface area (Å²) in [4.78, 5) is 0. The van der Waals surface area contributed by atoms with E-state index in [2.05, 4.69) is 20.8 Å². The number of hydrogen-bond donors (Lipinski definition) is 1. The first kappa shape index (κ1) is 11.4. The van der Waals surface area contributed by atoms with Gasteiger partial charge in [0.25, 0.3) is 0 Å². The van der Waals surface area contributed by atoms with Crippen LogP contribution in [0.5, 0.6) is 0 Å². The number of hydrogen-bond acceptors (Lipinski definition) is 2. The molecular weight excluding hydrogens is 186 g/mol. The van der Waals surface area contributed by atoms with Gasteiger partial charge in [0.05, 0.1) is 12.7 Å². The molecule has 0 aromatic heterocycles. The quantitative estimate of drug-likeness (QED) is 0.778. The predicted octanol–water partition coefficient (Wildman–Crippen LogP) is 2.57. The lowest BCUT2D eigenvalue weighted by Gasteiger charge is -2.39. The smallest absolute Gasteiger partial charge is 0.0637 e. The molecule has 2 heteroatoms. The Kier molecular flexibility index (Phi) is 2.63. The molecule has 0 aromatic rings. The van der Waals surface area contributed by atoms with E-state index in [0.29, 0.717) is 23.5 Å². The van der Waals surface area contributed by atoms with Crippen molar-refractivity contribution in [3.63, 3.8) is 0 Å². The summed E-state index contributed by atoms with van der Waals surface area (Å²) in [6, 6.07) is 0.163. The van der Waals surface area contributed by atoms with Crippen molar-refractivity contribution >= 4 is 0 Å². The van der Waals surface area contributed by atoms with Gasteiger partial charge in [0.1, 0.15) is 0 Å². The third-order valence-corrected chi connectivity index (χ3v) is 5.27. The standard InChI is InChI=1S/C13H25NO/c1-9(14)8-15-11-7-10-5-6-13(11,4)12(10,2)3/h9-11H,5-8,14H2,1-4H3/t9-,10?,11?,13?/m0/s1. The van der Waals surface area contributed by atoms with Crippen molar-refractivity contribution in [2.24, 2.45) is 22.5 Å². The van der Waals surface area contributed by atoms with Crippen LogP contribution in [-0.4, -0.2) is 18.8 Å². The van der Waals surface area contributed by atoms with Crippen molar-refractivity contribution in [2.45, 2.75) is 59.1 Å². The fourth-order valence-corrected chi connectivity index (χ4v) is 3.65. The van der Waals surface area contributed by atoms with E-state index in [1.807, 2.05) is 6.92 Å². The largest absolute Gasteiger partial charge is 0.376 e. The Bertz CT molecular complexity index is 249. The summed E-state index contributed by atoms with van der Waals surface area (Å²) in [5.74, 6) is 0.862. The average Bonchev–Trinajstić information content (AvgIpc) is 2.46. The van der Waals surface area contributed by atoms with E-state index in [9.17, 15) is 0 Å². The summed E-state index contributed by atoms with van der Waals surface area (Å²) in [6.45, 7) is 9.97. The van der Waals surface area contributed by atoms with Crippen LogP contribution in [0.25, 0.3) is 0 Å². The van der Waals surface area contributed by atoms with Gasteiger partial charge in [-0.3, -0.25) is 0 Å². The summed E-state index contributed by atoms with van der Waals surface area (Å²) in [5, 5.41) is 0. The van der Waals surface area contributed by atoms with Crippen LogP contribution >= 0.6 is 0 Å². The van der Waals surface area contributed by atoms with E-state index in [1.165, 1.54) is 19.3 Å². The fourth-order valence-electron chi connectivity index (χ4n) is 3.65. The van der Waals surface area contributed by atoms with Gasteiger partial charge in [-0.25, -0.2) is 0 Å². The maximum atomic E-state index is 6.01. The van der Waals surface area contributed by atoms with Crippen molar-refractivity contribution < 1.29 is 4.74 Å². The van der Waals surface area contributed by atoms with Gasteiger partial charge in [-0.15, -0.1) is 0 Å². The molecule has 0 radical (unpaired) electrons. The van der Waals surface area contributed by atoms with Crippen LogP contribution in [-0.2, 0) is 4.74 Å². The number of rotatable bonds is 3. The highest BCUT2D eigenvalue weighted by molar-refractivity contribution is 5.11. The lowest BCUT2D eigenvalue weighted by molar-refractivity contribution is -0.0495. The molecule has 2 fully saturated rings. The molecule has 0 saturated heterocycles. The minimum atomic E-state index is 0.163. The molecule has 15 heavy (non-hydrogen) atoms. The molecule has 0 spiro atoms.